The molecule has 1 unspecified atom stereocenters. The number of rotatable bonds is 4. The second-order valence-electron chi connectivity index (χ2n) is 5.00. The van der Waals surface area contributed by atoms with Gasteiger partial charge in [-0.25, -0.2) is 0 Å². The largest absolute Gasteiger partial charge is 0.345 e. The summed E-state index contributed by atoms with van der Waals surface area (Å²) in [5.41, 5.74) is 6.17. The Labute approximate surface area is 113 Å². The molecule has 0 saturated heterocycles. The molecule has 5 heteroatoms. The van der Waals surface area contributed by atoms with Crippen LogP contribution in [0.15, 0.2) is 24.3 Å². The molecule has 0 bridgehead atoms. The maximum absolute atomic E-state index is 11.9. The SMILES string of the molecule is CCC(C)(N)C(=O)Nc1ccc(C(=O)N(C)C)cc1. The summed E-state index contributed by atoms with van der Waals surface area (Å²) < 4.78 is 0. The van der Waals surface area contributed by atoms with Crippen molar-refractivity contribution in [2.45, 2.75) is 25.8 Å². The van der Waals surface area contributed by atoms with Crippen molar-refractivity contribution < 1.29 is 9.59 Å². The van der Waals surface area contributed by atoms with E-state index in [-0.39, 0.29) is 11.8 Å². The van der Waals surface area contributed by atoms with Crippen molar-refractivity contribution in [2.24, 2.45) is 5.73 Å². The van der Waals surface area contributed by atoms with E-state index in [4.69, 9.17) is 5.73 Å². The Morgan fingerprint density at radius 2 is 1.79 bits per heavy atom. The highest BCUT2D eigenvalue weighted by molar-refractivity contribution is 5.98. The van der Waals surface area contributed by atoms with Crippen molar-refractivity contribution in [3.8, 4) is 0 Å². The van der Waals surface area contributed by atoms with Crippen LogP contribution in [0.3, 0.4) is 0 Å². The predicted octanol–water partition coefficient (Wildman–Crippen LogP) is 1.45. The van der Waals surface area contributed by atoms with E-state index >= 15 is 0 Å². The molecule has 0 aliphatic heterocycles. The molecular formula is C14H21N3O2. The second kappa shape index (κ2) is 5.84. The normalized spacial score (nSPS) is 13.5. The van der Waals surface area contributed by atoms with Gasteiger partial charge < -0.3 is 16.0 Å². The topological polar surface area (TPSA) is 75.4 Å². The lowest BCUT2D eigenvalue weighted by Gasteiger charge is -2.21. The van der Waals surface area contributed by atoms with Gasteiger partial charge in [0.05, 0.1) is 5.54 Å². The van der Waals surface area contributed by atoms with Crippen molar-refractivity contribution >= 4 is 17.5 Å². The Morgan fingerprint density at radius 1 is 1.26 bits per heavy atom. The number of nitrogens with one attached hydrogen (secondary N) is 1. The van der Waals surface area contributed by atoms with Crippen LogP contribution in [0.4, 0.5) is 5.69 Å². The number of hydrogen-bond acceptors (Lipinski definition) is 3. The molecule has 0 heterocycles. The summed E-state index contributed by atoms with van der Waals surface area (Å²) in [4.78, 5) is 25.1. The zero-order valence-corrected chi connectivity index (χ0v) is 11.9. The van der Waals surface area contributed by atoms with Crippen LogP contribution >= 0.6 is 0 Å². The molecule has 1 atom stereocenters. The number of benzene rings is 1. The molecule has 0 aromatic heterocycles. The molecule has 0 spiro atoms. The molecule has 1 aromatic carbocycles. The van der Waals surface area contributed by atoms with E-state index in [1.54, 1.807) is 45.3 Å². The van der Waals surface area contributed by atoms with Gasteiger partial charge in [-0.1, -0.05) is 6.92 Å². The highest BCUT2D eigenvalue weighted by Crippen LogP contribution is 2.14. The van der Waals surface area contributed by atoms with Gasteiger partial charge >= 0.3 is 0 Å². The fourth-order valence-electron chi connectivity index (χ4n) is 1.39. The summed E-state index contributed by atoms with van der Waals surface area (Å²) in [6.07, 6.45) is 0.552. The van der Waals surface area contributed by atoms with Gasteiger partial charge in [-0.2, -0.15) is 0 Å². The van der Waals surface area contributed by atoms with E-state index in [0.717, 1.165) is 0 Å². The smallest absolute Gasteiger partial charge is 0.253 e. The number of hydrogen-bond donors (Lipinski definition) is 2. The van der Waals surface area contributed by atoms with Crippen LogP contribution in [0, 0.1) is 0 Å². The van der Waals surface area contributed by atoms with Crippen LogP contribution in [0.25, 0.3) is 0 Å². The highest BCUT2D eigenvalue weighted by atomic mass is 16.2. The number of amides is 2. The Hall–Kier alpha value is -1.88. The standard InChI is InChI=1S/C14H21N3O2/c1-5-14(2,15)13(19)16-11-8-6-10(7-9-11)12(18)17(3)4/h6-9H,5,15H2,1-4H3,(H,16,19). The summed E-state index contributed by atoms with van der Waals surface area (Å²) in [6.45, 7) is 3.55. The highest BCUT2D eigenvalue weighted by Gasteiger charge is 2.25. The first-order valence-corrected chi connectivity index (χ1v) is 6.20. The third-order valence-corrected chi connectivity index (χ3v) is 3.05. The first-order valence-electron chi connectivity index (χ1n) is 6.20. The Kier molecular flexibility index (Phi) is 4.67. The summed E-state index contributed by atoms with van der Waals surface area (Å²) >= 11 is 0. The van der Waals surface area contributed by atoms with Gasteiger partial charge in [-0.05, 0) is 37.6 Å². The Bertz CT molecular complexity index is 464. The number of carbonyl (C=O) groups excluding carboxylic acids is 2. The summed E-state index contributed by atoms with van der Waals surface area (Å²) in [5, 5.41) is 2.74. The van der Waals surface area contributed by atoms with Crippen molar-refractivity contribution in [3.05, 3.63) is 29.8 Å². The zero-order chi connectivity index (χ0) is 14.6. The maximum atomic E-state index is 11.9. The fourth-order valence-corrected chi connectivity index (χ4v) is 1.39. The van der Waals surface area contributed by atoms with Gasteiger partial charge in [0.1, 0.15) is 0 Å². The van der Waals surface area contributed by atoms with Crippen LogP contribution < -0.4 is 11.1 Å². The minimum absolute atomic E-state index is 0.0740. The number of anilines is 1. The third kappa shape index (κ3) is 3.79. The molecule has 0 aliphatic rings. The second-order valence-corrected chi connectivity index (χ2v) is 5.00. The monoisotopic (exact) mass is 263 g/mol. The molecule has 0 fully saturated rings. The summed E-state index contributed by atoms with van der Waals surface area (Å²) in [7, 11) is 3.39. The van der Waals surface area contributed by atoms with Crippen LogP contribution in [0.5, 0.6) is 0 Å². The molecule has 0 aliphatic carbocycles. The average Bonchev–Trinajstić information content (AvgIpc) is 2.38. The van der Waals surface area contributed by atoms with Gasteiger partial charge in [-0.15, -0.1) is 0 Å². The Morgan fingerprint density at radius 3 is 2.21 bits per heavy atom. The van der Waals surface area contributed by atoms with Crippen molar-refractivity contribution in [2.75, 3.05) is 19.4 Å². The molecule has 1 rings (SSSR count). The first kappa shape index (κ1) is 15.2. The van der Waals surface area contributed by atoms with E-state index in [2.05, 4.69) is 5.32 Å². The van der Waals surface area contributed by atoms with E-state index in [1.807, 2.05) is 6.92 Å². The lowest BCUT2D eigenvalue weighted by molar-refractivity contribution is -0.120. The molecule has 104 valence electrons. The van der Waals surface area contributed by atoms with Gasteiger partial charge in [-0.3, -0.25) is 9.59 Å². The van der Waals surface area contributed by atoms with Gasteiger partial charge in [0.25, 0.3) is 5.91 Å². The van der Waals surface area contributed by atoms with E-state index in [9.17, 15) is 9.59 Å². The zero-order valence-electron chi connectivity index (χ0n) is 11.9. The molecule has 19 heavy (non-hydrogen) atoms. The fraction of sp³-hybridized carbons (Fsp3) is 0.429. The number of carbonyl (C=O) groups is 2. The summed E-state index contributed by atoms with van der Waals surface area (Å²) in [6, 6.07) is 6.75. The molecule has 0 saturated carbocycles. The molecule has 2 amide bonds. The quantitative estimate of drug-likeness (QED) is 0.863. The molecule has 0 radical (unpaired) electrons. The van der Waals surface area contributed by atoms with Crippen molar-refractivity contribution in [1.29, 1.82) is 0 Å². The van der Waals surface area contributed by atoms with Gasteiger partial charge in [0.2, 0.25) is 5.91 Å². The van der Waals surface area contributed by atoms with Crippen molar-refractivity contribution in [1.82, 2.24) is 4.90 Å². The van der Waals surface area contributed by atoms with Crippen molar-refractivity contribution in [3.63, 3.8) is 0 Å². The molecule has 1 aromatic rings. The van der Waals surface area contributed by atoms with Crippen LogP contribution in [0.1, 0.15) is 30.6 Å². The van der Waals surface area contributed by atoms with Crippen LogP contribution in [0.2, 0.25) is 0 Å². The van der Waals surface area contributed by atoms with E-state index in [1.165, 1.54) is 4.90 Å². The minimum atomic E-state index is -0.891. The lowest BCUT2D eigenvalue weighted by atomic mass is 9.99. The van der Waals surface area contributed by atoms with Gasteiger partial charge in [0.15, 0.2) is 0 Å². The van der Waals surface area contributed by atoms with E-state index in [0.29, 0.717) is 17.7 Å². The maximum Gasteiger partial charge on any atom is 0.253 e. The molecular weight excluding hydrogens is 242 g/mol. The van der Waals surface area contributed by atoms with Gasteiger partial charge in [0, 0.05) is 25.3 Å². The third-order valence-electron chi connectivity index (χ3n) is 3.05. The molecule has 3 N–H and O–H groups in total. The number of nitrogens with two attached hydrogens (primary N) is 1. The Balaban J connectivity index is 2.78. The average molecular weight is 263 g/mol. The summed E-state index contributed by atoms with van der Waals surface area (Å²) in [5.74, 6) is -0.309. The molecule has 5 nitrogen and oxygen atoms in total. The van der Waals surface area contributed by atoms with Crippen LogP contribution in [-0.2, 0) is 4.79 Å². The minimum Gasteiger partial charge on any atom is -0.345 e. The van der Waals surface area contributed by atoms with E-state index < -0.39 is 5.54 Å². The first-order chi connectivity index (χ1) is 8.77. The lowest BCUT2D eigenvalue weighted by Crippen LogP contribution is -2.47. The number of nitrogens with zero attached hydrogens (tertiary/aromatic N) is 1. The predicted molar refractivity (Wildman–Crippen MR) is 76.0 cm³/mol. The van der Waals surface area contributed by atoms with Crippen LogP contribution in [-0.4, -0.2) is 36.3 Å².